The van der Waals surface area contributed by atoms with Crippen molar-refractivity contribution in [1.82, 2.24) is 5.32 Å². The zero-order chi connectivity index (χ0) is 12.1. The number of aromatic hydroxyl groups is 1. The second-order valence-electron chi connectivity index (χ2n) is 3.42. The number of carbonyl (C=O) groups is 1. The van der Waals surface area contributed by atoms with Crippen LogP contribution in [0.4, 0.5) is 0 Å². The lowest BCUT2D eigenvalue weighted by Crippen LogP contribution is -2.36. The maximum absolute atomic E-state index is 11.8. The van der Waals surface area contributed by atoms with Crippen LogP contribution in [-0.4, -0.2) is 28.8 Å². The summed E-state index contributed by atoms with van der Waals surface area (Å²) in [5.74, 6) is -0.414. The predicted octanol–water partition coefficient (Wildman–Crippen LogP) is 1.50. The van der Waals surface area contributed by atoms with E-state index < -0.39 is 0 Å². The van der Waals surface area contributed by atoms with Gasteiger partial charge in [0.05, 0.1) is 18.2 Å². The molecule has 1 aromatic rings. The van der Waals surface area contributed by atoms with E-state index in [-0.39, 0.29) is 29.9 Å². The van der Waals surface area contributed by atoms with Crippen LogP contribution in [0.2, 0.25) is 0 Å². The van der Waals surface area contributed by atoms with Gasteiger partial charge in [0.2, 0.25) is 0 Å². The first kappa shape index (κ1) is 13.2. The Balaban J connectivity index is 2.83. The number of aliphatic hydroxyl groups excluding tert-OH is 1. The third-order valence-electron chi connectivity index (χ3n) is 2.25. The molecule has 0 aliphatic carbocycles. The molecule has 0 saturated heterocycles. The summed E-state index contributed by atoms with van der Waals surface area (Å²) in [7, 11) is 0. The summed E-state index contributed by atoms with van der Waals surface area (Å²) in [6.07, 6.45) is 0.646. The van der Waals surface area contributed by atoms with Gasteiger partial charge in [0.15, 0.2) is 0 Å². The molecular formula is C11H14INO3. The van der Waals surface area contributed by atoms with Crippen LogP contribution in [0.5, 0.6) is 5.75 Å². The minimum Gasteiger partial charge on any atom is -0.507 e. The van der Waals surface area contributed by atoms with Gasteiger partial charge in [-0.15, -0.1) is 0 Å². The molecule has 1 rings (SSSR count). The van der Waals surface area contributed by atoms with Crippen LogP contribution in [0, 0.1) is 3.57 Å². The summed E-state index contributed by atoms with van der Waals surface area (Å²) in [5, 5.41) is 21.2. The standard InChI is InChI=1S/C11H14INO3/c1-2-8(6-14)13-11(16)9-5-7(12)3-4-10(9)15/h3-5,8,14-15H,2,6H2,1H3,(H,13,16). The number of amides is 1. The SMILES string of the molecule is CCC(CO)NC(=O)c1cc(I)ccc1O. The van der Waals surface area contributed by atoms with E-state index >= 15 is 0 Å². The first-order valence-electron chi connectivity index (χ1n) is 4.98. The summed E-state index contributed by atoms with van der Waals surface area (Å²) < 4.78 is 0.873. The van der Waals surface area contributed by atoms with Crippen molar-refractivity contribution in [2.75, 3.05) is 6.61 Å². The molecule has 0 saturated carbocycles. The third kappa shape index (κ3) is 3.34. The lowest BCUT2D eigenvalue weighted by Gasteiger charge is -2.14. The number of hydrogen-bond donors (Lipinski definition) is 3. The zero-order valence-corrected chi connectivity index (χ0v) is 11.1. The molecule has 1 atom stereocenters. The van der Waals surface area contributed by atoms with Gasteiger partial charge in [-0.05, 0) is 47.2 Å². The molecule has 1 amide bonds. The number of rotatable bonds is 4. The Morgan fingerprint density at radius 3 is 2.81 bits per heavy atom. The van der Waals surface area contributed by atoms with Crippen LogP contribution >= 0.6 is 22.6 Å². The molecule has 1 unspecified atom stereocenters. The van der Waals surface area contributed by atoms with Crippen molar-refractivity contribution in [3.05, 3.63) is 27.3 Å². The summed E-state index contributed by atoms with van der Waals surface area (Å²) in [6.45, 7) is 1.77. The number of benzene rings is 1. The maximum atomic E-state index is 11.8. The predicted molar refractivity (Wildman–Crippen MR) is 69.5 cm³/mol. The van der Waals surface area contributed by atoms with Crippen LogP contribution in [0.25, 0.3) is 0 Å². The minimum atomic E-state index is -0.364. The first-order valence-corrected chi connectivity index (χ1v) is 6.06. The Kier molecular flexibility index (Phi) is 5.01. The van der Waals surface area contributed by atoms with E-state index in [1.807, 2.05) is 6.92 Å². The van der Waals surface area contributed by atoms with Crippen LogP contribution in [0.15, 0.2) is 18.2 Å². The summed E-state index contributed by atoms with van der Waals surface area (Å²) in [6, 6.07) is 4.53. The topological polar surface area (TPSA) is 69.6 Å². The first-order chi connectivity index (χ1) is 7.58. The van der Waals surface area contributed by atoms with Crippen molar-refractivity contribution >= 4 is 28.5 Å². The van der Waals surface area contributed by atoms with Crippen molar-refractivity contribution in [2.45, 2.75) is 19.4 Å². The molecule has 0 fully saturated rings. The van der Waals surface area contributed by atoms with Gasteiger partial charge in [-0.25, -0.2) is 0 Å². The molecule has 0 aromatic heterocycles. The van der Waals surface area contributed by atoms with Crippen LogP contribution in [0.1, 0.15) is 23.7 Å². The number of phenolic OH excluding ortho intramolecular Hbond substituents is 1. The molecule has 88 valence electrons. The minimum absolute atomic E-state index is 0.0503. The van der Waals surface area contributed by atoms with Gasteiger partial charge >= 0.3 is 0 Å². The molecule has 4 nitrogen and oxygen atoms in total. The van der Waals surface area contributed by atoms with E-state index in [0.29, 0.717) is 6.42 Å². The van der Waals surface area contributed by atoms with E-state index in [2.05, 4.69) is 27.9 Å². The lowest BCUT2D eigenvalue weighted by molar-refractivity contribution is 0.0912. The highest BCUT2D eigenvalue weighted by Gasteiger charge is 2.14. The third-order valence-corrected chi connectivity index (χ3v) is 2.92. The Morgan fingerprint density at radius 1 is 1.56 bits per heavy atom. The Morgan fingerprint density at radius 2 is 2.25 bits per heavy atom. The monoisotopic (exact) mass is 335 g/mol. The second-order valence-corrected chi connectivity index (χ2v) is 4.67. The summed E-state index contributed by atoms with van der Waals surface area (Å²) in [4.78, 5) is 11.8. The molecule has 0 spiro atoms. The maximum Gasteiger partial charge on any atom is 0.255 e. The van der Waals surface area contributed by atoms with Gasteiger partial charge < -0.3 is 15.5 Å². The molecule has 0 aliphatic rings. The van der Waals surface area contributed by atoms with E-state index in [0.717, 1.165) is 3.57 Å². The van der Waals surface area contributed by atoms with Gasteiger partial charge in [0, 0.05) is 3.57 Å². The number of phenols is 1. The van der Waals surface area contributed by atoms with E-state index in [4.69, 9.17) is 5.11 Å². The van der Waals surface area contributed by atoms with Crippen molar-refractivity contribution in [3.63, 3.8) is 0 Å². The van der Waals surface area contributed by atoms with E-state index in [1.54, 1.807) is 12.1 Å². The molecule has 0 radical (unpaired) electrons. The highest BCUT2D eigenvalue weighted by atomic mass is 127. The lowest BCUT2D eigenvalue weighted by atomic mass is 10.1. The smallest absolute Gasteiger partial charge is 0.255 e. The largest absolute Gasteiger partial charge is 0.507 e. The van der Waals surface area contributed by atoms with Crippen molar-refractivity contribution < 1.29 is 15.0 Å². The highest BCUT2D eigenvalue weighted by molar-refractivity contribution is 14.1. The van der Waals surface area contributed by atoms with Gasteiger partial charge in [-0.1, -0.05) is 6.92 Å². The molecular weight excluding hydrogens is 321 g/mol. The van der Waals surface area contributed by atoms with Crippen molar-refractivity contribution in [3.8, 4) is 5.75 Å². The summed E-state index contributed by atoms with van der Waals surface area (Å²) >= 11 is 2.07. The molecule has 1 aromatic carbocycles. The fraction of sp³-hybridized carbons (Fsp3) is 0.364. The zero-order valence-electron chi connectivity index (χ0n) is 8.90. The summed E-state index contributed by atoms with van der Waals surface area (Å²) in [5.41, 5.74) is 0.235. The van der Waals surface area contributed by atoms with Crippen LogP contribution < -0.4 is 5.32 Å². The van der Waals surface area contributed by atoms with E-state index in [1.165, 1.54) is 6.07 Å². The fourth-order valence-corrected chi connectivity index (χ4v) is 1.72. The van der Waals surface area contributed by atoms with Crippen LogP contribution in [-0.2, 0) is 0 Å². The molecule has 16 heavy (non-hydrogen) atoms. The molecule has 0 heterocycles. The average Bonchev–Trinajstić information content (AvgIpc) is 2.28. The fourth-order valence-electron chi connectivity index (χ4n) is 1.23. The van der Waals surface area contributed by atoms with Gasteiger partial charge in [0.25, 0.3) is 5.91 Å². The van der Waals surface area contributed by atoms with Crippen molar-refractivity contribution in [2.24, 2.45) is 0 Å². The molecule has 0 aliphatic heterocycles. The quantitative estimate of drug-likeness (QED) is 0.731. The van der Waals surface area contributed by atoms with Gasteiger partial charge in [0.1, 0.15) is 5.75 Å². The van der Waals surface area contributed by atoms with E-state index in [9.17, 15) is 9.90 Å². The Labute approximate surface area is 108 Å². The molecule has 3 N–H and O–H groups in total. The number of carbonyl (C=O) groups excluding carboxylic acids is 1. The normalized spacial score (nSPS) is 12.2. The number of nitrogens with one attached hydrogen (secondary N) is 1. The average molecular weight is 335 g/mol. The Hall–Kier alpha value is -0.820. The Bertz CT molecular complexity index is 377. The van der Waals surface area contributed by atoms with Crippen LogP contribution in [0.3, 0.4) is 0 Å². The number of aliphatic hydroxyl groups is 1. The number of halogens is 1. The molecule has 0 bridgehead atoms. The molecule has 5 heteroatoms. The van der Waals surface area contributed by atoms with Crippen molar-refractivity contribution in [1.29, 1.82) is 0 Å². The number of hydrogen-bond acceptors (Lipinski definition) is 3. The highest BCUT2D eigenvalue weighted by Crippen LogP contribution is 2.19. The second kappa shape index (κ2) is 6.05. The van der Waals surface area contributed by atoms with Gasteiger partial charge in [-0.3, -0.25) is 4.79 Å². The van der Waals surface area contributed by atoms with Gasteiger partial charge in [-0.2, -0.15) is 0 Å².